The lowest BCUT2D eigenvalue weighted by molar-refractivity contribution is -0.120. The van der Waals surface area contributed by atoms with E-state index in [1.54, 1.807) is 6.21 Å². The zero-order valence-corrected chi connectivity index (χ0v) is 19.3. The maximum atomic E-state index is 12.3. The van der Waals surface area contributed by atoms with Crippen LogP contribution in [0.1, 0.15) is 22.4 Å². The Bertz CT molecular complexity index is 1260. The molecule has 0 spiro atoms. The van der Waals surface area contributed by atoms with Gasteiger partial charge in [0.15, 0.2) is 0 Å². The Morgan fingerprint density at radius 3 is 2.55 bits per heavy atom. The first-order valence-corrected chi connectivity index (χ1v) is 11.1. The highest BCUT2D eigenvalue weighted by Crippen LogP contribution is 2.27. The minimum absolute atomic E-state index is 0.156. The van der Waals surface area contributed by atoms with Gasteiger partial charge in [-0.05, 0) is 42.3 Å². The third-order valence-corrected chi connectivity index (χ3v) is 6.12. The average Bonchev–Trinajstić information content (AvgIpc) is 3.03. The fraction of sp³-hybridized carbons (Fsp3) is 0.120. The van der Waals surface area contributed by atoms with Crippen LogP contribution in [0.15, 0.2) is 82.4 Å². The molecule has 1 aromatic heterocycles. The number of amides is 1. The summed E-state index contributed by atoms with van der Waals surface area (Å²) in [4.78, 5) is 12.3. The summed E-state index contributed by atoms with van der Waals surface area (Å²) in [6.45, 7) is 2.72. The van der Waals surface area contributed by atoms with Crippen LogP contribution < -0.4 is 5.43 Å². The first-order chi connectivity index (χ1) is 15.0. The summed E-state index contributed by atoms with van der Waals surface area (Å²) in [6, 6.07) is 23.7. The molecule has 0 atom stereocenters. The van der Waals surface area contributed by atoms with E-state index in [1.165, 1.54) is 0 Å². The van der Waals surface area contributed by atoms with Crippen LogP contribution in [0.25, 0.3) is 10.9 Å². The SMILES string of the molecule is Cc1c(/C=N/NC(=O)Cc2ccc(Br)cc2)c2ccccc2n1Cc1ccccc1Cl. The molecular formula is C25H21BrClN3O. The van der Waals surface area contributed by atoms with Crippen LogP contribution in [0.4, 0.5) is 0 Å². The van der Waals surface area contributed by atoms with Crippen LogP contribution in [-0.4, -0.2) is 16.7 Å². The lowest BCUT2D eigenvalue weighted by Crippen LogP contribution is -2.19. The number of carbonyl (C=O) groups is 1. The number of nitrogens with zero attached hydrogens (tertiary/aromatic N) is 2. The Hall–Kier alpha value is -2.89. The first kappa shape index (κ1) is 21.3. The molecule has 6 heteroatoms. The Balaban J connectivity index is 1.56. The van der Waals surface area contributed by atoms with Crippen molar-refractivity contribution in [3.8, 4) is 0 Å². The Morgan fingerprint density at radius 1 is 1.06 bits per heavy atom. The van der Waals surface area contributed by atoms with E-state index >= 15 is 0 Å². The van der Waals surface area contributed by atoms with Crippen molar-refractivity contribution < 1.29 is 4.79 Å². The Morgan fingerprint density at radius 2 is 1.77 bits per heavy atom. The Kier molecular flexibility index (Phi) is 6.54. The number of hydrazone groups is 1. The second-order valence-corrected chi connectivity index (χ2v) is 8.61. The van der Waals surface area contributed by atoms with Gasteiger partial charge in [0.25, 0.3) is 0 Å². The molecule has 1 heterocycles. The van der Waals surface area contributed by atoms with Crippen molar-refractivity contribution in [3.05, 3.63) is 105 Å². The number of rotatable bonds is 6. The summed E-state index contributed by atoms with van der Waals surface area (Å²) in [5.74, 6) is -0.156. The van der Waals surface area contributed by atoms with Crippen molar-refractivity contribution in [2.75, 3.05) is 0 Å². The molecular weight excluding hydrogens is 474 g/mol. The fourth-order valence-electron chi connectivity index (χ4n) is 3.62. The number of aromatic nitrogens is 1. The fourth-order valence-corrected chi connectivity index (χ4v) is 4.08. The number of fused-ring (bicyclic) bond motifs is 1. The third kappa shape index (κ3) is 4.89. The molecule has 4 rings (SSSR count). The van der Waals surface area contributed by atoms with Crippen molar-refractivity contribution >= 4 is 50.6 Å². The van der Waals surface area contributed by atoms with Gasteiger partial charge in [0.05, 0.1) is 12.6 Å². The number of para-hydroxylation sites is 1. The van der Waals surface area contributed by atoms with Gasteiger partial charge < -0.3 is 4.57 Å². The highest BCUT2D eigenvalue weighted by Gasteiger charge is 2.13. The molecule has 0 unspecified atom stereocenters. The molecule has 0 saturated carbocycles. The number of halogens is 2. The zero-order chi connectivity index (χ0) is 21.8. The molecule has 0 aliphatic rings. The maximum Gasteiger partial charge on any atom is 0.244 e. The van der Waals surface area contributed by atoms with Gasteiger partial charge in [-0.15, -0.1) is 0 Å². The van der Waals surface area contributed by atoms with E-state index in [9.17, 15) is 4.79 Å². The van der Waals surface area contributed by atoms with E-state index in [1.807, 2.05) is 60.7 Å². The molecule has 0 radical (unpaired) electrons. The van der Waals surface area contributed by atoms with Crippen molar-refractivity contribution in [2.45, 2.75) is 19.9 Å². The van der Waals surface area contributed by atoms with Crippen LogP contribution in [0, 0.1) is 6.92 Å². The van der Waals surface area contributed by atoms with Crippen LogP contribution in [-0.2, 0) is 17.8 Å². The first-order valence-electron chi connectivity index (χ1n) is 9.90. The summed E-state index contributed by atoms with van der Waals surface area (Å²) in [5.41, 5.74) is 7.77. The van der Waals surface area contributed by atoms with Crippen LogP contribution >= 0.6 is 27.5 Å². The summed E-state index contributed by atoms with van der Waals surface area (Å²) in [6.07, 6.45) is 2.00. The van der Waals surface area contributed by atoms with E-state index in [4.69, 9.17) is 11.6 Å². The van der Waals surface area contributed by atoms with Gasteiger partial charge in [0.2, 0.25) is 5.91 Å². The summed E-state index contributed by atoms with van der Waals surface area (Å²) >= 11 is 9.79. The molecule has 0 aliphatic heterocycles. The molecule has 0 saturated heterocycles. The number of benzene rings is 3. The number of carbonyl (C=O) groups excluding carboxylic acids is 1. The van der Waals surface area contributed by atoms with Gasteiger partial charge in [-0.2, -0.15) is 5.10 Å². The molecule has 3 aromatic carbocycles. The van der Waals surface area contributed by atoms with Gasteiger partial charge in [-0.3, -0.25) is 4.79 Å². The zero-order valence-electron chi connectivity index (χ0n) is 17.0. The molecule has 0 fully saturated rings. The van der Waals surface area contributed by atoms with E-state index < -0.39 is 0 Å². The summed E-state index contributed by atoms with van der Waals surface area (Å²) in [7, 11) is 0. The van der Waals surface area contributed by atoms with Gasteiger partial charge in [0, 0.05) is 38.2 Å². The molecule has 156 valence electrons. The summed E-state index contributed by atoms with van der Waals surface area (Å²) in [5, 5.41) is 6.06. The molecule has 31 heavy (non-hydrogen) atoms. The lowest BCUT2D eigenvalue weighted by Gasteiger charge is -2.10. The largest absolute Gasteiger partial charge is 0.340 e. The number of nitrogens with one attached hydrogen (secondary N) is 1. The molecule has 0 bridgehead atoms. The molecule has 1 amide bonds. The third-order valence-electron chi connectivity index (χ3n) is 5.23. The van der Waals surface area contributed by atoms with E-state index in [0.717, 1.165) is 42.8 Å². The molecule has 4 aromatic rings. The standard InChI is InChI=1S/C25H21BrClN3O/c1-17-22(15-28-29-25(31)14-18-10-12-20(26)13-11-18)21-7-3-5-9-24(21)30(17)16-19-6-2-4-8-23(19)27/h2-13,15H,14,16H2,1H3,(H,29,31)/b28-15+. The lowest BCUT2D eigenvalue weighted by atomic mass is 10.1. The topological polar surface area (TPSA) is 46.4 Å². The number of hydrogen-bond acceptors (Lipinski definition) is 2. The van der Waals surface area contributed by atoms with E-state index in [-0.39, 0.29) is 12.3 Å². The van der Waals surface area contributed by atoms with Gasteiger partial charge >= 0.3 is 0 Å². The quantitative estimate of drug-likeness (QED) is 0.255. The predicted molar refractivity (Wildman–Crippen MR) is 131 cm³/mol. The van der Waals surface area contributed by atoms with Gasteiger partial charge in [-0.1, -0.05) is 76.1 Å². The van der Waals surface area contributed by atoms with Crippen molar-refractivity contribution in [1.29, 1.82) is 0 Å². The molecule has 0 aliphatic carbocycles. The van der Waals surface area contributed by atoms with Gasteiger partial charge in [-0.25, -0.2) is 5.43 Å². The van der Waals surface area contributed by atoms with Crippen molar-refractivity contribution in [2.24, 2.45) is 5.10 Å². The Labute approximate surface area is 194 Å². The van der Waals surface area contributed by atoms with Crippen LogP contribution in [0.5, 0.6) is 0 Å². The number of hydrogen-bond donors (Lipinski definition) is 1. The van der Waals surface area contributed by atoms with Crippen molar-refractivity contribution in [3.63, 3.8) is 0 Å². The highest BCUT2D eigenvalue weighted by molar-refractivity contribution is 9.10. The maximum absolute atomic E-state index is 12.3. The average molecular weight is 495 g/mol. The second kappa shape index (κ2) is 9.50. The molecule has 4 nitrogen and oxygen atoms in total. The normalized spacial score (nSPS) is 11.3. The minimum Gasteiger partial charge on any atom is -0.340 e. The predicted octanol–water partition coefficient (Wildman–Crippen LogP) is 6.11. The minimum atomic E-state index is -0.156. The van der Waals surface area contributed by atoms with Crippen LogP contribution in [0.2, 0.25) is 5.02 Å². The smallest absolute Gasteiger partial charge is 0.244 e. The molecule has 1 N–H and O–H groups in total. The van der Waals surface area contributed by atoms with Crippen molar-refractivity contribution in [1.82, 2.24) is 9.99 Å². The van der Waals surface area contributed by atoms with Gasteiger partial charge in [0.1, 0.15) is 0 Å². The second-order valence-electron chi connectivity index (χ2n) is 7.29. The monoisotopic (exact) mass is 493 g/mol. The highest BCUT2D eigenvalue weighted by atomic mass is 79.9. The van der Waals surface area contributed by atoms with E-state index in [2.05, 4.69) is 50.1 Å². The van der Waals surface area contributed by atoms with Crippen LogP contribution in [0.3, 0.4) is 0 Å². The summed E-state index contributed by atoms with van der Waals surface area (Å²) < 4.78 is 3.21. The van der Waals surface area contributed by atoms with E-state index in [0.29, 0.717) is 6.54 Å².